The van der Waals surface area contributed by atoms with Crippen molar-refractivity contribution >= 4 is 27.7 Å². The van der Waals surface area contributed by atoms with Crippen LogP contribution in [0.3, 0.4) is 0 Å². The van der Waals surface area contributed by atoms with E-state index in [1.165, 1.54) is 0 Å². The molecule has 16 heavy (non-hydrogen) atoms. The number of nitrogens with two attached hydrogens (primary N) is 1. The summed E-state index contributed by atoms with van der Waals surface area (Å²) in [4.78, 5) is 22.1. The van der Waals surface area contributed by atoms with Crippen LogP contribution in [0.2, 0.25) is 0 Å². The Kier molecular flexibility index (Phi) is 4.64. The molecular weight excluding hydrogens is 274 g/mol. The molecule has 5 heteroatoms. The second-order valence-corrected chi connectivity index (χ2v) is 4.33. The van der Waals surface area contributed by atoms with Gasteiger partial charge in [-0.3, -0.25) is 9.59 Å². The van der Waals surface area contributed by atoms with E-state index >= 15 is 0 Å². The minimum atomic E-state index is -0.945. The Hall–Kier alpha value is -1.20. The number of aliphatic carboxylic acids is 1. The average Bonchev–Trinajstić information content (AvgIpc) is 2.26. The van der Waals surface area contributed by atoms with Gasteiger partial charge in [-0.25, -0.2) is 0 Å². The number of benzene rings is 1. The lowest BCUT2D eigenvalue weighted by Crippen LogP contribution is -2.31. The number of rotatable bonds is 5. The van der Waals surface area contributed by atoms with Gasteiger partial charge < -0.3 is 10.8 Å². The Morgan fingerprint density at radius 3 is 2.38 bits per heavy atom. The maximum Gasteiger partial charge on any atom is 0.303 e. The first kappa shape index (κ1) is 12.9. The topological polar surface area (TPSA) is 80.4 Å². The van der Waals surface area contributed by atoms with Crippen molar-refractivity contribution in [3.8, 4) is 0 Å². The van der Waals surface area contributed by atoms with Crippen LogP contribution in [-0.4, -0.2) is 22.9 Å². The van der Waals surface area contributed by atoms with Gasteiger partial charge in [0.1, 0.15) is 0 Å². The molecule has 0 heterocycles. The Balaban J connectivity index is 2.63. The maximum atomic E-state index is 11.7. The molecule has 1 aromatic rings. The predicted molar refractivity (Wildman–Crippen MR) is 63.3 cm³/mol. The van der Waals surface area contributed by atoms with Gasteiger partial charge in [-0.1, -0.05) is 28.1 Å². The lowest BCUT2D eigenvalue weighted by molar-refractivity contribution is -0.137. The molecule has 3 N–H and O–H groups in total. The van der Waals surface area contributed by atoms with Crippen molar-refractivity contribution in [3.05, 3.63) is 34.3 Å². The van der Waals surface area contributed by atoms with E-state index in [-0.39, 0.29) is 18.6 Å². The second kappa shape index (κ2) is 5.77. The standard InChI is InChI=1S/C11H12BrNO3/c12-8-3-1-7(2-4-8)11(16)9(13)5-6-10(14)15/h1-4,9H,5-6,13H2,(H,14,15). The molecule has 0 amide bonds. The van der Waals surface area contributed by atoms with E-state index in [0.29, 0.717) is 5.56 Å². The van der Waals surface area contributed by atoms with Gasteiger partial charge in [-0.05, 0) is 18.6 Å². The molecule has 86 valence electrons. The molecule has 1 unspecified atom stereocenters. The zero-order valence-electron chi connectivity index (χ0n) is 8.52. The molecule has 1 atom stereocenters. The molecule has 0 saturated heterocycles. The molecule has 0 aliphatic heterocycles. The van der Waals surface area contributed by atoms with Crippen LogP contribution in [-0.2, 0) is 4.79 Å². The maximum absolute atomic E-state index is 11.7. The molecule has 0 aliphatic carbocycles. The van der Waals surface area contributed by atoms with Crippen LogP contribution in [0.5, 0.6) is 0 Å². The number of hydrogen-bond acceptors (Lipinski definition) is 3. The number of hydrogen-bond donors (Lipinski definition) is 2. The SMILES string of the molecule is NC(CCC(=O)O)C(=O)c1ccc(Br)cc1. The summed E-state index contributed by atoms with van der Waals surface area (Å²) >= 11 is 3.26. The third-order valence-electron chi connectivity index (χ3n) is 2.13. The molecule has 0 radical (unpaired) electrons. The van der Waals surface area contributed by atoms with Crippen molar-refractivity contribution < 1.29 is 14.7 Å². The molecule has 1 aromatic carbocycles. The molecule has 0 fully saturated rings. The molecule has 0 bridgehead atoms. The fraction of sp³-hybridized carbons (Fsp3) is 0.273. The number of carboxylic acid groups (broad SMARTS) is 1. The largest absolute Gasteiger partial charge is 0.481 e. The molecule has 0 saturated carbocycles. The van der Waals surface area contributed by atoms with Crippen LogP contribution in [0.15, 0.2) is 28.7 Å². The van der Waals surface area contributed by atoms with Crippen LogP contribution in [0.1, 0.15) is 23.2 Å². The third-order valence-corrected chi connectivity index (χ3v) is 2.66. The first-order valence-corrected chi connectivity index (χ1v) is 5.57. The van der Waals surface area contributed by atoms with Gasteiger partial charge in [0.15, 0.2) is 5.78 Å². The quantitative estimate of drug-likeness (QED) is 0.809. The van der Waals surface area contributed by atoms with E-state index in [1.54, 1.807) is 24.3 Å². The van der Waals surface area contributed by atoms with Gasteiger partial charge in [0, 0.05) is 16.5 Å². The Morgan fingerprint density at radius 1 is 1.31 bits per heavy atom. The first-order valence-electron chi connectivity index (χ1n) is 4.78. The van der Waals surface area contributed by atoms with Crippen LogP contribution in [0, 0.1) is 0 Å². The van der Waals surface area contributed by atoms with Crippen molar-refractivity contribution in [2.24, 2.45) is 5.73 Å². The van der Waals surface area contributed by atoms with Gasteiger partial charge in [-0.2, -0.15) is 0 Å². The van der Waals surface area contributed by atoms with Crippen LogP contribution in [0.4, 0.5) is 0 Å². The average molecular weight is 286 g/mol. The van der Waals surface area contributed by atoms with Gasteiger partial charge in [0.05, 0.1) is 6.04 Å². The number of halogens is 1. The molecule has 0 aliphatic rings. The minimum Gasteiger partial charge on any atom is -0.481 e. The highest BCUT2D eigenvalue weighted by Crippen LogP contribution is 2.12. The van der Waals surface area contributed by atoms with Crippen molar-refractivity contribution in [1.82, 2.24) is 0 Å². The van der Waals surface area contributed by atoms with E-state index in [2.05, 4.69) is 15.9 Å². The van der Waals surface area contributed by atoms with E-state index < -0.39 is 12.0 Å². The van der Waals surface area contributed by atoms with Crippen LogP contribution >= 0.6 is 15.9 Å². The summed E-state index contributed by atoms with van der Waals surface area (Å²) in [6.45, 7) is 0. The fourth-order valence-corrected chi connectivity index (χ4v) is 1.50. The normalized spacial score (nSPS) is 12.1. The molecule has 0 spiro atoms. The van der Waals surface area contributed by atoms with Gasteiger partial charge in [0.25, 0.3) is 0 Å². The van der Waals surface area contributed by atoms with Crippen molar-refractivity contribution in [2.45, 2.75) is 18.9 Å². The fourth-order valence-electron chi connectivity index (χ4n) is 1.24. The summed E-state index contributed by atoms with van der Waals surface area (Å²) in [6.07, 6.45) is 0.0632. The van der Waals surface area contributed by atoms with E-state index in [0.717, 1.165) is 4.47 Å². The summed E-state index contributed by atoms with van der Waals surface area (Å²) in [5, 5.41) is 8.48. The zero-order valence-corrected chi connectivity index (χ0v) is 10.1. The van der Waals surface area contributed by atoms with E-state index in [4.69, 9.17) is 10.8 Å². The van der Waals surface area contributed by atoms with Gasteiger partial charge >= 0.3 is 5.97 Å². The summed E-state index contributed by atoms with van der Waals surface area (Å²) in [5.74, 6) is -1.17. The highest BCUT2D eigenvalue weighted by atomic mass is 79.9. The second-order valence-electron chi connectivity index (χ2n) is 3.41. The summed E-state index contributed by atoms with van der Waals surface area (Å²) in [5.41, 5.74) is 6.11. The van der Waals surface area contributed by atoms with E-state index in [1.807, 2.05) is 0 Å². The highest BCUT2D eigenvalue weighted by Gasteiger charge is 2.16. The number of carbonyl (C=O) groups excluding carboxylic acids is 1. The Morgan fingerprint density at radius 2 is 1.88 bits per heavy atom. The Labute approximate surface area is 102 Å². The Bertz CT molecular complexity index is 389. The molecular formula is C11H12BrNO3. The van der Waals surface area contributed by atoms with Crippen molar-refractivity contribution in [1.29, 1.82) is 0 Å². The molecule has 0 aromatic heterocycles. The summed E-state index contributed by atoms with van der Waals surface area (Å²) < 4.78 is 0.878. The van der Waals surface area contributed by atoms with Gasteiger partial charge in [0.2, 0.25) is 0 Å². The van der Waals surface area contributed by atoms with Crippen LogP contribution in [0.25, 0.3) is 0 Å². The first-order chi connectivity index (χ1) is 7.50. The summed E-state index contributed by atoms with van der Waals surface area (Å²) in [6, 6.07) is 6.06. The highest BCUT2D eigenvalue weighted by molar-refractivity contribution is 9.10. The number of carbonyl (C=O) groups is 2. The number of Topliss-reactive ketones (excluding diaryl/α,β-unsaturated/α-hetero) is 1. The van der Waals surface area contributed by atoms with Crippen LogP contribution < -0.4 is 5.73 Å². The zero-order chi connectivity index (χ0) is 12.1. The predicted octanol–water partition coefficient (Wildman–Crippen LogP) is 1.82. The van der Waals surface area contributed by atoms with E-state index in [9.17, 15) is 9.59 Å². The lowest BCUT2D eigenvalue weighted by atomic mass is 10.0. The van der Waals surface area contributed by atoms with Crippen molar-refractivity contribution in [3.63, 3.8) is 0 Å². The number of carboxylic acids is 1. The number of ketones is 1. The monoisotopic (exact) mass is 285 g/mol. The molecule has 4 nitrogen and oxygen atoms in total. The van der Waals surface area contributed by atoms with Crippen molar-refractivity contribution in [2.75, 3.05) is 0 Å². The minimum absolute atomic E-state index is 0.0938. The third kappa shape index (κ3) is 3.75. The lowest BCUT2D eigenvalue weighted by Gasteiger charge is -2.08. The smallest absolute Gasteiger partial charge is 0.303 e. The summed E-state index contributed by atoms with van der Waals surface area (Å²) in [7, 11) is 0. The molecule has 1 rings (SSSR count). The van der Waals surface area contributed by atoms with Gasteiger partial charge in [-0.15, -0.1) is 0 Å².